The number of hydrogen-bond donors (Lipinski definition) is 2. The van der Waals surface area contributed by atoms with Gasteiger partial charge in [0.25, 0.3) is 0 Å². The molecule has 2 aliphatic carbocycles. The van der Waals surface area contributed by atoms with Gasteiger partial charge in [-0.2, -0.15) is 0 Å². The highest BCUT2D eigenvalue weighted by molar-refractivity contribution is 5.92. The Hall–Kier alpha value is -1.91. The standard InChI is InChI=1S/C18H23FN2O2/c19-13-7-5-12(6-8-13)9-10-20-17(22)15-11-16(15)18(23)21-14-3-1-2-4-14/h5-8,14-16H,1-4,9-11H2,(H,20,22)(H,21,23). The molecule has 124 valence electrons. The summed E-state index contributed by atoms with van der Waals surface area (Å²) in [6, 6.07) is 6.58. The van der Waals surface area contributed by atoms with Gasteiger partial charge in [0.15, 0.2) is 0 Å². The van der Waals surface area contributed by atoms with Crippen LogP contribution >= 0.6 is 0 Å². The zero-order valence-electron chi connectivity index (χ0n) is 13.2. The fraction of sp³-hybridized carbons (Fsp3) is 0.556. The number of nitrogens with one attached hydrogen (secondary N) is 2. The van der Waals surface area contributed by atoms with Crippen LogP contribution < -0.4 is 10.6 Å². The maximum absolute atomic E-state index is 12.8. The monoisotopic (exact) mass is 318 g/mol. The summed E-state index contributed by atoms with van der Waals surface area (Å²) in [5, 5.41) is 5.93. The van der Waals surface area contributed by atoms with Crippen molar-refractivity contribution in [2.75, 3.05) is 6.54 Å². The third kappa shape index (κ3) is 4.30. The Bertz CT molecular complexity index is 567. The van der Waals surface area contributed by atoms with E-state index in [9.17, 15) is 14.0 Å². The van der Waals surface area contributed by atoms with Crippen LogP contribution in [0.25, 0.3) is 0 Å². The van der Waals surface area contributed by atoms with Gasteiger partial charge in [0.1, 0.15) is 5.82 Å². The van der Waals surface area contributed by atoms with E-state index in [1.165, 1.54) is 25.0 Å². The van der Waals surface area contributed by atoms with E-state index in [1.807, 2.05) is 0 Å². The largest absolute Gasteiger partial charge is 0.356 e. The molecule has 0 aliphatic heterocycles. The van der Waals surface area contributed by atoms with Crippen LogP contribution in [0.2, 0.25) is 0 Å². The van der Waals surface area contributed by atoms with Gasteiger partial charge in [0.2, 0.25) is 11.8 Å². The summed E-state index contributed by atoms with van der Waals surface area (Å²) in [7, 11) is 0. The molecule has 2 atom stereocenters. The Morgan fingerprint density at radius 3 is 2.39 bits per heavy atom. The number of amides is 2. The molecule has 2 aliphatic rings. The molecule has 5 heteroatoms. The second kappa shape index (κ2) is 7.11. The second-order valence-electron chi connectivity index (χ2n) is 6.61. The number of carbonyl (C=O) groups excluding carboxylic acids is 2. The first-order valence-corrected chi connectivity index (χ1v) is 8.46. The third-order valence-corrected chi connectivity index (χ3v) is 4.79. The van der Waals surface area contributed by atoms with E-state index in [4.69, 9.17) is 0 Å². The van der Waals surface area contributed by atoms with Crippen LogP contribution in [0, 0.1) is 17.7 Å². The zero-order valence-corrected chi connectivity index (χ0v) is 13.2. The van der Waals surface area contributed by atoms with Crippen LogP contribution in [0.3, 0.4) is 0 Å². The Kier molecular flexibility index (Phi) is 4.94. The molecule has 0 radical (unpaired) electrons. The lowest BCUT2D eigenvalue weighted by atomic mass is 10.1. The van der Waals surface area contributed by atoms with Crippen molar-refractivity contribution in [1.29, 1.82) is 0 Å². The van der Waals surface area contributed by atoms with Crippen molar-refractivity contribution in [2.45, 2.75) is 44.6 Å². The summed E-state index contributed by atoms with van der Waals surface area (Å²) < 4.78 is 12.8. The molecule has 2 saturated carbocycles. The molecule has 1 aromatic rings. The van der Waals surface area contributed by atoms with Gasteiger partial charge in [-0.15, -0.1) is 0 Å². The van der Waals surface area contributed by atoms with Crippen LogP contribution in [0.1, 0.15) is 37.7 Å². The smallest absolute Gasteiger partial charge is 0.224 e. The van der Waals surface area contributed by atoms with Crippen molar-refractivity contribution < 1.29 is 14.0 Å². The molecule has 23 heavy (non-hydrogen) atoms. The third-order valence-electron chi connectivity index (χ3n) is 4.79. The predicted molar refractivity (Wildman–Crippen MR) is 85.1 cm³/mol. The Morgan fingerprint density at radius 1 is 1.04 bits per heavy atom. The molecule has 2 fully saturated rings. The van der Waals surface area contributed by atoms with Gasteiger partial charge in [-0.3, -0.25) is 9.59 Å². The topological polar surface area (TPSA) is 58.2 Å². The maximum atomic E-state index is 12.8. The van der Waals surface area contributed by atoms with E-state index >= 15 is 0 Å². The van der Waals surface area contributed by atoms with Crippen molar-refractivity contribution in [1.82, 2.24) is 10.6 Å². The second-order valence-corrected chi connectivity index (χ2v) is 6.61. The fourth-order valence-electron chi connectivity index (χ4n) is 3.27. The maximum Gasteiger partial charge on any atom is 0.224 e. The molecule has 3 rings (SSSR count). The van der Waals surface area contributed by atoms with Gasteiger partial charge in [-0.1, -0.05) is 25.0 Å². The molecular formula is C18H23FN2O2. The van der Waals surface area contributed by atoms with Crippen LogP contribution in [0.15, 0.2) is 24.3 Å². The van der Waals surface area contributed by atoms with Gasteiger partial charge < -0.3 is 10.6 Å². The Balaban J connectivity index is 1.36. The molecule has 2 unspecified atom stereocenters. The van der Waals surface area contributed by atoms with Crippen molar-refractivity contribution in [3.63, 3.8) is 0 Å². The van der Waals surface area contributed by atoms with Crippen molar-refractivity contribution in [3.8, 4) is 0 Å². The highest BCUT2D eigenvalue weighted by atomic mass is 19.1. The minimum absolute atomic E-state index is 0.0376. The first-order valence-electron chi connectivity index (χ1n) is 8.46. The summed E-state index contributed by atoms with van der Waals surface area (Å²) in [4.78, 5) is 24.1. The predicted octanol–water partition coefficient (Wildman–Crippen LogP) is 2.18. The number of hydrogen-bond acceptors (Lipinski definition) is 2. The number of halogens is 1. The number of carbonyl (C=O) groups is 2. The molecule has 0 heterocycles. The van der Waals surface area contributed by atoms with Crippen molar-refractivity contribution in [3.05, 3.63) is 35.6 Å². The van der Waals surface area contributed by atoms with Crippen LogP contribution in [-0.2, 0) is 16.0 Å². The Morgan fingerprint density at radius 2 is 1.70 bits per heavy atom. The van der Waals surface area contributed by atoms with Crippen molar-refractivity contribution in [2.24, 2.45) is 11.8 Å². The lowest BCUT2D eigenvalue weighted by Crippen LogP contribution is -2.35. The molecule has 4 nitrogen and oxygen atoms in total. The van der Waals surface area contributed by atoms with Crippen LogP contribution in [0.4, 0.5) is 4.39 Å². The van der Waals surface area contributed by atoms with Gasteiger partial charge in [-0.25, -0.2) is 4.39 Å². The van der Waals surface area contributed by atoms with Gasteiger partial charge in [-0.05, 0) is 43.4 Å². The van der Waals surface area contributed by atoms with Crippen LogP contribution in [0.5, 0.6) is 0 Å². The molecule has 1 aromatic carbocycles. The van der Waals surface area contributed by atoms with E-state index in [1.54, 1.807) is 12.1 Å². The summed E-state index contributed by atoms with van der Waals surface area (Å²) in [6.45, 7) is 0.512. The molecule has 2 N–H and O–H groups in total. The fourth-order valence-corrected chi connectivity index (χ4v) is 3.27. The van der Waals surface area contributed by atoms with E-state index < -0.39 is 0 Å². The lowest BCUT2D eigenvalue weighted by molar-refractivity contribution is -0.127. The first-order chi connectivity index (χ1) is 11.1. The van der Waals surface area contributed by atoms with Gasteiger partial charge in [0, 0.05) is 12.6 Å². The molecule has 0 bridgehead atoms. The average Bonchev–Trinajstić information content (AvgIpc) is 3.20. The Labute approximate surface area is 135 Å². The normalized spacial score (nSPS) is 23.5. The van der Waals surface area contributed by atoms with Gasteiger partial charge in [0.05, 0.1) is 11.8 Å². The summed E-state index contributed by atoms with van der Waals surface area (Å²) in [6.07, 6.45) is 5.81. The lowest BCUT2D eigenvalue weighted by Gasteiger charge is -2.11. The molecule has 0 aromatic heterocycles. The van der Waals surface area contributed by atoms with Gasteiger partial charge >= 0.3 is 0 Å². The zero-order chi connectivity index (χ0) is 16.2. The molecular weight excluding hydrogens is 295 g/mol. The summed E-state index contributed by atoms with van der Waals surface area (Å²) >= 11 is 0. The minimum Gasteiger partial charge on any atom is -0.356 e. The number of rotatable bonds is 6. The molecule has 0 saturated heterocycles. The van der Waals surface area contributed by atoms with E-state index in [-0.39, 0.29) is 29.5 Å². The first kappa shape index (κ1) is 16.0. The highest BCUT2D eigenvalue weighted by Gasteiger charge is 2.48. The molecule has 0 spiro atoms. The van der Waals surface area contributed by atoms with E-state index in [2.05, 4.69) is 10.6 Å². The quantitative estimate of drug-likeness (QED) is 0.844. The molecule has 2 amide bonds. The highest BCUT2D eigenvalue weighted by Crippen LogP contribution is 2.39. The SMILES string of the molecule is O=C(NCCc1ccc(F)cc1)C1CC1C(=O)NC1CCCC1. The summed E-state index contributed by atoms with van der Waals surface area (Å²) in [5.41, 5.74) is 0.984. The van der Waals surface area contributed by atoms with E-state index in [0.29, 0.717) is 25.4 Å². The summed E-state index contributed by atoms with van der Waals surface area (Å²) in [5.74, 6) is -0.591. The minimum atomic E-state index is -0.258. The van der Waals surface area contributed by atoms with Crippen LogP contribution in [-0.4, -0.2) is 24.4 Å². The average molecular weight is 318 g/mol. The number of benzene rings is 1. The van der Waals surface area contributed by atoms with E-state index in [0.717, 1.165) is 18.4 Å². The van der Waals surface area contributed by atoms with Crippen molar-refractivity contribution >= 4 is 11.8 Å².